The molecule has 0 bridgehead atoms. The van der Waals surface area contributed by atoms with Gasteiger partial charge in [0.25, 0.3) is 5.91 Å². The van der Waals surface area contributed by atoms with Crippen LogP contribution in [-0.4, -0.2) is 41.0 Å². The zero-order valence-corrected chi connectivity index (χ0v) is 13.8. The van der Waals surface area contributed by atoms with E-state index in [0.29, 0.717) is 6.61 Å². The van der Waals surface area contributed by atoms with Gasteiger partial charge in [0.1, 0.15) is 11.6 Å². The molecule has 0 fully saturated rings. The molecule has 0 aliphatic rings. The van der Waals surface area contributed by atoms with Crippen LogP contribution < -0.4 is 10.8 Å². The summed E-state index contributed by atoms with van der Waals surface area (Å²) in [6.45, 7) is 10.3. The van der Waals surface area contributed by atoms with Crippen LogP contribution in [0.3, 0.4) is 0 Å². The Morgan fingerprint density at radius 2 is 1.76 bits per heavy atom. The third-order valence-corrected chi connectivity index (χ3v) is 2.40. The van der Waals surface area contributed by atoms with Crippen molar-refractivity contribution in [3.63, 3.8) is 0 Å². The Hall–Kier alpha value is -1.34. The SMILES string of the molecule is CCCCONC(=O)[C@@H](NC(=O)OC(C)(C)C)C(C)(C)O. The predicted molar refractivity (Wildman–Crippen MR) is 78.5 cm³/mol. The molecule has 0 spiro atoms. The van der Waals surface area contributed by atoms with Crippen LogP contribution in [-0.2, 0) is 14.4 Å². The lowest BCUT2D eigenvalue weighted by atomic mass is 9.98. The van der Waals surface area contributed by atoms with Gasteiger partial charge in [0.05, 0.1) is 12.2 Å². The first-order valence-electron chi connectivity index (χ1n) is 7.11. The second kappa shape index (κ2) is 8.19. The quantitative estimate of drug-likeness (QED) is 0.489. The predicted octanol–water partition coefficient (Wildman–Crippen LogP) is 1.50. The number of nitrogens with one attached hydrogen (secondary N) is 2. The standard InChI is InChI=1S/C14H28N2O5/c1-7-8-9-20-16-11(17)10(14(5,6)19)15-12(18)21-13(2,3)4/h10,19H,7-9H2,1-6H3,(H,15,18)(H,16,17)/t10-/m1/s1. The summed E-state index contributed by atoms with van der Waals surface area (Å²) in [5, 5.41) is 12.4. The molecule has 0 aliphatic heterocycles. The second-order valence-corrected chi connectivity index (χ2v) is 6.40. The summed E-state index contributed by atoms with van der Waals surface area (Å²) in [4.78, 5) is 28.7. The van der Waals surface area contributed by atoms with Crippen molar-refractivity contribution >= 4 is 12.0 Å². The van der Waals surface area contributed by atoms with Crippen LogP contribution >= 0.6 is 0 Å². The largest absolute Gasteiger partial charge is 0.444 e. The first kappa shape index (κ1) is 19.7. The molecule has 7 nitrogen and oxygen atoms in total. The van der Waals surface area contributed by atoms with Crippen molar-refractivity contribution < 1.29 is 24.3 Å². The second-order valence-electron chi connectivity index (χ2n) is 6.40. The highest BCUT2D eigenvalue weighted by Gasteiger charge is 2.36. The number of amides is 2. The molecular formula is C14H28N2O5. The lowest BCUT2D eigenvalue weighted by Gasteiger charge is -2.30. The Morgan fingerprint density at radius 1 is 1.19 bits per heavy atom. The van der Waals surface area contributed by atoms with Crippen LogP contribution in [0.25, 0.3) is 0 Å². The number of aliphatic hydroxyl groups is 1. The summed E-state index contributed by atoms with van der Waals surface area (Å²) in [6.07, 6.45) is 0.951. The van der Waals surface area contributed by atoms with Gasteiger partial charge in [-0.15, -0.1) is 0 Å². The topological polar surface area (TPSA) is 96.9 Å². The number of unbranched alkanes of at least 4 members (excludes halogenated alkanes) is 1. The van der Waals surface area contributed by atoms with Gasteiger partial charge in [-0.25, -0.2) is 10.3 Å². The molecule has 0 rings (SSSR count). The van der Waals surface area contributed by atoms with Crippen molar-refractivity contribution in [2.24, 2.45) is 0 Å². The summed E-state index contributed by atoms with van der Waals surface area (Å²) in [6, 6.07) is -1.19. The summed E-state index contributed by atoms with van der Waals surface area (Å²) < 4.78 is 5.07. The van der Waals surface area contributed by atoms with Gasteiger partial charge in [-0.05, 0) is 41.0 Å². The number of hydroxylamine groups is 1. The van der Waals surface area contributed by atoms with E-state index in [2.05, 4.69) is 10.8 Å². The summed E-state index contributed by atoms with van der Waals surface area (Å²) in [5.41, 5.74) is 0.0678. The normalized spacial score (nSPS) is 13.5. The summed E-state index contributed by atoms with van der Waals surface area (Å²) >= 11 is 0. The minimum absolute atomic E-state index is 0.368. The molecule has 0 heterocycles. The molecule has 124 valence electrons. The van der Waals surface area contributed by atoms with Crippen LogP contribution in [0.1, 0.15) is 54.4 Å². The van der Waals surface area contributed by atoms with E-state index in [4.69, 9.17) is 9.57 Å². The van der Waals surface area contributed by atoms with Gasteiger partial charge in [-0.1, -0.05) is 13.3 Å². The van der Waals surface area contributed by atoms with Gasteiger partial charge in [0.2, 0.25) is 0 Å². The maximum atomic E-state index is 12.0. The number of hydrogen-bond acceptors (Lipinski definition) is 5. The van der Waals surface area contributed by atoms with E-state index in [1.807, 2.05) is 6.92 Å². The van der Waals surface area contributed by atoms with E-state index in [1.165, 1.54) is 13.8 Å². The van der Waals surface area contributed by atoms with Gasteiger partial charge in [-0.3, -0.25) is 9.63 Å². The first-order valence-corrected chi connectivity index (χ1v) is 7.11. The highest BCUT2D eigenvalue weighted by atomic mass is 16.7. The Labute approximate surface area is 126 Å². The Morgan fingerprint density at radius 3 is 2.19 bits per heavy atom. The van der Waals surface area contributed by atoms with Gasteiger partial charge < -0.3 is 15.2 Å². The molecular weight excluding hydrogens is 276 g/mol. The molecule has 2 amide bonds. The van der Waals surface area contributed by atoms with Gasteiger partial charge in [0.15, 0.2) is 0 Å². The minimum Gasteiger partial charge on any atom is -0.444 e. The van der Waals surface area contributed by atoms with Crippen molar-refractivity contribution in [1.82, 2.24) is 10.8 Å². The zero-order chi connectivity index (χ0) is 16.7. The van der Waals surface area contributed by atoms with E-state index in [-0.39, 0.29) is 0 Å². The van der Waals surface area contributed by atoms with E-state index in [9.17, 15) is 14.7 Å². The van der Waals surface area contributed by atoms with Crippen LogP contribution in [0.4, 0.5) is 4.79 Å². The number of ether oxygens (including phenoxy) is 1. The fourth-order valence-corrected chi connectivity index (χ4v) is 1.39. The van der Waals surface area contributed by atoms with Gasteiger partial charge in [-0.2, -0.15) is 0 Å². The van der Waals surface area contributed by atoms with Crippen molar-refractivity contribution in [3.8, 4) is 0 Å². The lowest BCUT2D eigenvalue weighted by molar-refractivity contribution is -0.141. The van der Waals surface area contributed by atoms with Crippen molar-refractivity contribution in [2.75, 3.05) is 6.61 Å². The van der Waals surface area contributed by atoms with E-state index in [0.717, 1.165) is 12.8 Å². The van der Waals surface area contributed by atoms with E-state index in [1.54, 1.807) is 20.8 Å². The smallest absolute Gasteiger partial charge is 0.408 e. The third kappa shape index (κ3) is 9.25. The molecule has 7 heteroatoms. The maximum absolute atomic E-state index is 12.0. The molecule has 0 aliphatic carbocycles. The molecule has 0 saturated heterocycles. The third-order valence-electron chi connectivity index (χ3n) is 2.40. The zero-order valence-electron chi connectivity index (χ0n) is 13.8. The van der Waals surface area contributed by atoms with Crippen LogP contribution in [0.15, 0.2) is 0 Å². The molecule has 0 aromatic carbocycles. The van der Waals surface area contributed by atoms with Gasteiger partial charge in [0, 0.05) is 0 Å². The average molecular weight is 304 g/mol. The highest BCUT2D eigenvalue weighted by Crippen LogP contribution is 2.12. The van der Waals surface area contributed by atoms with Crippen LogP contribution in [0.5, 0.6) is 0 Å². The van der Waals surface area contributed by atoms with E-state index >= 15 is 0 Å². The number of carbonyl (C=O) groups excluding carboxylic acids is 2. The van der Waals surface area contributed by atoms with Gasteiger partial charge >= 0.3 is 6.09 Å². The fraction of sp³-hybridized carbons (Fsp3) is 0.857. The van der Waals surface area contributed by atoms with E-state index < -0.39 is 29.2 Å². The Balaban J connectivity index is 4.60. The first-order chi connectivity index (χ1) is 9.47. The van der Waals surface area contributed by atoms with Crippen molar-refractivity contribution in [1.29, 1.82) is 0 Å². The highest BCUT2D eigenvalue weighted by molar-refractivity contribution is 5.86. The monoisotopic (exact) mass is 304 g/mol. The number of carbonyl (C=O) groups is 2. The Kier molecular flexibility index (Phi) is 7.67. The number of rotatable bonds is 7. The molecule has 0 aromatic rings. The minimum atomic E-state index is -1.46. The molecule has 0 radical (unpaired) electrons. The van der Waals surface area contributed by atoms with Crippen molar-refractivity contribution in [2.45, 2.75) is 71.6 Å². The maximum Gasteiger partial charge on any atom is 0.408 e. The molecule has 3 N–H and O–H groups in total. The Bertz CT molecular complexity index is 344. The van der Waals surface area contributed by atoms with Crippen molar-refractivity contribution in [3.05, 3.63) is 0 Å². The molecule has 0 aromatic heterocycles. The summed E-state index contributed by atoms with van der Waals surface area (Å²) in [7, 11) is 0. The molecule has 0 unspecified atom stereocenters. The fourth-order valence-electron chi connectivity index (χ4n) is 1.39. The number of hydrogen-bond donors (Lipinski definition) is 3. The molecule has 21 heavy (non-hydrogen) atoms. The summed E-state index contributed by atoms with van der Waals surface area (Å²) in [5.74, 6) is -0.635. The molecule has 1 atom stereocenters. The molecule has 0 saturated carbocycles. The average Bonchev–Trinajstić information content (AvgIpc) is 2.27. The van der Waals surface area contributed by atoms with Crippen LogP contribution in [0, 0.1) is 0 Å². The number of alkyl carbamates (subject to hydrolysis) is 1. The lowest BCUT2D eigenvalue weighted by Crippen LogP contribution is -2.58. The van der Waals surface area contributed by atoms with Crippen LogP contribution in [0.2, 0.25) is 0 Å².